The maximum Gasteiger partial charge on any atom is 0.137 e. The normalized spacial score (nSPS) is 17.5. The lowest BCUT2D eigenvalue weighted by Crippen LogP contribution is -2.36. The average molecular weight is 300 g/mol. The molecule has 0 amide bonds. The Morgan fingerprint density at radius 3 is 2.77 bits per heavy atom. The number of nitrogens with zero attached hydrogens (tertiary/aromatic N) is 3. The quantitative estimate of drug-likeness (QED) is 0.921. The molecule has 1 aliphatic rings. The van der Waals surface area contributed by atoms with Gasteiger partial charge in [0.15, 0.2) is 0 Å². The number of imidazole rings is 1. The second-order valence-corrected chi connectivity index (χ2v) is 5.99. The molecule has 1 fully saturated rings. The van der Waals surface area contributed by atoms with Gasteiger partial charge in [-0.25, -0.2) is 9.97 Å². The summed E-state index contributed by atoms with van der Waals surface area (Å²) in [6.07, 6.45) is 7.99. The first-order valence-electron chi connectivity index (χ1n) is 8.00. The molecule has 22 heavy (non-hydrogen) atoms. The average Bonchev–Trinajstić information content (AvgIpc) is 3.00. The Balaban J connectivity index is 1.56. The summed E-state index contributed by atoms with van der Waals surface area (Å²) in [4.78, 5) is 8.76. The van der Waals surface area contributed by atoms with Crippen molar-refractivity contribution < 1.29 is 4.74 Å². The maximum atomic E-state index is 5.43. The Morgan fingerprint density at radius 2 is 2.14 bits per heavy atom. The van der Waals surface area contributed by atoms with Gasteiger partial charge in [-0.2, -0.15) is 0 Å². The van der Waals surface area contributed by atoms with Crippen molar-refractivity contribution in [2.45, 2.75) is 39.3 Å². The molecule has 2 aromatic rings. The predicted octanol–water partition coefficient (Wildman–Crippen LogP) is 2.48. The van der Waals surface area contributed by atoms with Crippen molar-refractivity contribution in [2.24, 2.45) is 5.92 Å². The third kappa shape index (κ3) is 3.54. The molecule has 0 aliphatic carbocycles. The molecule has 1 aliphatic heterocycles. The van der Waals surface area contributed by atoms with Gasteiger partial charge in [-0.3, -0.25) is 4.57 Å². The zero-order valence-corrected chi connectivity index (χ0v) is 13.3. The highest BCUT2D eigenvalue weighted by atomic mass is 16.5. The monoisotopic (exact) mass is 300 g/mol. The first-order valence-corrected chi connectivity index (χ1v) is 8.00. The highest BCUT2D eigenvalue weighted by Crippen LogP contribution is 2.19. The molecule has 5 nitrogen and oxygen atoms in total. The van der Waals surface area contributed by atoms with Crippen LogP contribution in [0.15, 0.2) is 30.7 Å². The van der Waals surface area contributed by atoms with Gasteiger partial charge in [-0.15, -0.1) is 0 Å². The molecular weight excluding hydrogens is 276 g/mol. The van der Waals surface area contributed by atoms with Crippen LogP contribution in [0.25, 0.3) is 5.82 Å². The van der Waals surface area contributed by atoms with E-state index in [2.05, 4.69) is 28.3 Å². The second kappa shape index (κ2) is 7.03. The zero-order valence-electron chi connectivity index (χ0n) is 13.3. The number of nitrogens with one attached hydrogen (secondary N) is 1. The molecule has 1 unspecified atom stereocenters. The molecule has 5 heteroatoms. The fourth-order valence-electron chi connectivity index (χ4n) is 2.95. The third-order valence-electron chi connectivity index (χ3n) is 4.48. The topological polar surface area (TPSA) is 52.0 Å². The Bertz CT molecular complexity index is 587. The van der Waals surface area contributed by atoms with E-state index in [0.29, 0.717) is 6.04 Å². The summed E-state index contributed by atoms with van der Waals surface area (Å²) in [6.45, 7) is 6.91. The minimum atomic E-state index is 0.513. The Labute approximate surface area is 131 Å². The van der Waals surface area contributed by atoms with Crippen molar-refractivity contribution in [1.29, 1.82) is 0 Å². The van der Waals surface area contributed by atoms with Crippen LogP contribution in [0.2, 0.25) is 0 Å². The van der Waals surface area contributed by atoms with E-state index in [-0.39, 0.29) is 0 Å². The van der Waals surface area contributed by atoms with Gasteiger partial charge >= 0.3 is 0 Å². The lowest BCUT2D eigenvalue weighted by Gasteiger charge is -2.28. The third-order valence-corrected chi connectivity index (χ3v) is 4.48. The van der Waals surface area contributed by atoms with Crippen LogP contribution in [-0.2, 0) is 11.3 Å². The summed E-state index contributed by atoms with van der Waals surface area (Å²) in [7, 11) is 0. The van der Waals surface area contributed by atoms with Crippen LogP contribution >= 0.6 is 0 Å². The van der Waals surface area contributed by atoms with E-state index < -0.39 is 0 Å². The number of rotatable bonds is 5. The molecule has 0 bridgehead atoms. The fourth-order valence-corrected chi connectivity index (χ4v) is 2.95. The lowest BCUT2D eigenvalue weighted by molar-refractivity contribution is 0.0558. The molecular formula is C17H24N4O. The van der Waals surface area contributed by atoms with Crippen molar-refractivity contribution in [1.82, 2.24) is 19.9 Å². The molecule has 2 aromatic heterocycles. The van der Waals surface area contributed by atoms with Gasteiger partial charge in [0.25, 0.3) is 0 Å². The Kier molecular flexibility index (Phi) is 4.85. The predicted molar refractivity (Wildman–Crippen MR) is 85.9 cm³/mol. The SMILES string of the molecule is Cc1nccn1-c1ccc(CNC(C)C2CCOCC2)cn1. The van der Waals surface area contributed by atoms with E-state index >= 15 is 0 Å². The maximum absolute atomic E-state index is 5.43. The summed E-state index contributed by atoms with van der Waals surface area (Å²) < 4.78 is 7.41. The number of pyridine rings is 1. The molecule has 0 radical (unpaired) electrons. The van der Waals surface area contributed by atoms with Gasteiger partial charge in [0, 0.05) is 44.4 Å². The molecule has 0 saturated carbocycles. The standard InChI is InChI=1S/C17H24N4O/c1-13(16-5-9-22-10-6-16)19-11-15-3-4-17(20-12-15)21-8-7-18-14(21)2/h3-4,7-8,12-13,16,19H,5-6,9-11H2,1-2H3. The molecule has 3 rings (SSSR count). The minimum absolute atomic E-state index is 0.513. The van der Waals surface area contributed by atoms with E-state index in [1.165, 1.54) is 5.56 Å². The largest absolute Gasteiger partial charge is 0.381 e. The molecule has 0 aromatic carbocycles. The van der Waals surface area contributed by atoms with Crippen molar-refractivity contribution in [3.05, 3.63) is 42.1 Å². The first kappa shape index (κ1) is 15.2. The van der Waals surface area contributed by atoms with Gasteiger partial charge in [0.05, 0.1) is 0 Å². The minimum Gasteiger partial charge on any atom is -0.381 e. The van der Waals surface area contributed by atoms with Gasteiger partial charge in [-0.1, -0.05) is 6.07 Å². The highest BCUT2D eigenvalue weighted by molar-refractivity contribution is 5.27. The van der Waals surface area contributed by atoms with Gasteiger partial charge < -0.3 is 10.1 Å². The van der Waals surface area contributed by atoms with E-state index in [4.69, 9.17) is 4.74 Å². The lowest BCUT2D eigenvalue weighted by atomic mass is 9.93. The van der Waals surface area contributed by atoms with Crippen molar-refractivity contribution in [3.8, 4) is 5.82 Å². The smallest absolute Gasteiger partial charge is 0.137 e. The summed E-state index contributed by atoms with van der Waals surface area (Å²) in [5.74, 6) is 2.58. The van der Waals surface area contributed by atoms with Crippen LogP contribution in [0.5, 0.6) is 0 Å². The molecule has 3 heterocycles. The Hall–Kier alpha value is -1.72. The van der Waals surface area contributed by atoms with Crippen LogP contribution < -0.4 is 5.32 Å². The second-order valence-electron chi connectivity index (χ2n) is 5.99. The number of ether oxygens (including phenoxy) is 1. The van der Waals surface area contributed by atoms with Crippen LogP contribution in [0.4, 0.5) is 0 Å². The molecule has 0 spiro atoms. The molecule has 1 saturated heterocycles. The fraction of sp³-hybridized carbons (Fsp3) is 0.529. The number of aromatic nitrogens is 3. The van der Waals surface area contributed by atoms with Crippen LogP contribution in [0.3, 0.4) is 0 Å². The van der Waals surface area contributed by atoms with Crippen molar-refractivity contribution in [2.75, 3.05) is 13.2 Å². The summed E-state index contributed by atoms with van der Waals surface area (Å²) in [6, 6.07) is 4.69. The zero-order chi connectivity index (χ0) is 15.4. The van der Waals surface area contributed by atoms with Crippen molar-refractivity contribution in [3.63, 3.8) is 0 Å². The van der Waals surface area contributed by atoms with Crippen LogP contribution in [0.1, 0.15) is 31.2 Å². The van der Waals surface area contributed by atoms with Gasteiger partial charge in [0.2, 0.25) is 0 Å². The van der Waals surface area contributed by atoms with E-state index in [1.54, 1.807) is 6.20 Å². The van der Waals surface area contributed by atoms with Gasteiger partial charge in [0.1, 0.15) is 11.6 Å². The number of aryl methyl sites for hydroxylation is 1. The highest BCUT2D eigenvalue weighted by Gasteiger charge is 2.19. The number of hydrogen-bond donors (Lipinski definition) is 1. The first-order chi connectivity index (χ1) is 10.7. The van der Waals surface area contributed by atoms with Crippen molar-refractivity contribution >= 4 is 0 Å². The number of hydrogen-bond acceptors (Lipinski definition) is 4. The van der Waals surface area contributed by atoms with E-state index in [9.17, 15) is 0 Å². The Morgan fingerprint density at radius 1 is 1.32 bits per heavy atom. The van der Waals surface area contributed by atoms with Gasteiger partial charge in [-0.05, 0) is 44.2 Å². The summed E-state index contributed by atoms with van der Waals surface area (Å²) in [5.41, 5.74) is 1.21. The summed E-state index contributed by atoms with van der Waals surface area (Å²) in [5, 5.41) is 3.62. The summed E-state index contributed by atoms with van der Waals surface area (Å²) >= 11 is 0. The molecule has 1 atom stereocenters. The van der Waals surface area contributed by atoms with Crippen LogP contribution in [-0.4, -0.2) is 33.8 Å². The van der Waals surface area contributed by atoms with E-state index in [0.717, 1.165) is 50.2 Å². The van der Waals surface area contributed by atoms with E-state index in [1.807, 2.05) is 30.0 Å². The molecule has 1 N–H and O–H groups in total. The molecule has 118 valence electrons. The van der Waals surface area contributed by atoms with Crippen LogP contribution in [0, 0.1) is 12.8 Å².